The van der Waals surface area contributed by atoms with Gasteiger partial charge in [-0.2, -0.15) is 4.98 Å². The molecule has 0 bridgehead atoms. The van der Waals surface area contributed by atoms with E-state index in [4.69, 9.17) is 4.52 Å². The number of pyridine rings is 1. The molecule has 2 aromatic rings. The number of hydrogen-bond acceptors (Lipinski definition) is 5. The van der Waals surface area contributed by atoms with Gasteiger partial charge in [0, 0.05) is 29.9 Å². The predicted octanol–water partition coefficient (Wildman–Crippen LogP) is 1.99. The first-order chi connectivity index (χ1) is 8.88. The number of rotatable bonds is 3. The minimum absolute atomic E-state index is 0.370. The Morgan fingerprint density at radius 2 is 2.11 bits per heavy atom. The molecule has 0 aliphatic heterocycles. The Morgan fingerprint density at radius 3 is 2.89 bits per heavy atom. The highest BCUT2D eigenvalue weighted by Crippen LogP contribution is 2.33. The molecule has 0 saturated heterocycles. The molecule has 94 valence electrons. The van der Waals surface area contributed by atoms with E-state index < -0.39 is 0 Å². The topological polar surface area (TPSA) is 63.8 Å². The Balaban J connectivity index is 1.86. The normalized spacial score (nSPS) is 23.4. The fraction of sp³-hybridized carbons (Fsp3) is 0.462. The molecule has 1 aliphatic carbocycles. The third kappa shape index (κ3) is 2.01. The van der Waals surface area contributed by atoms with Crippen LogP contribution in [0.25, 0.3) is 11.5 Å². The first-order valence-electron chi connectivity index (χ1n) is 6.30. The van der Waals surface area contributed by atoms with E-state index in [0.29, 0.717) is 17.9 Å². The fourth-order valence-electron chi connectivity index (χ4n) is 2.61. The second-order valence-electron chi connectivity index (χ2n) is 4.63. The number of nitrogens with one attached hydrogen (secondary N) is 1. The van der Waals surface area contributed by atoms with E-state index >= 15 is 0 Å². The van der Waals surface area contributed by atoms with Crippen LogP contribution in [0, 0.1) is 0 Å². The molecule has 1 aliphatic rings. The van der Waals surface area contributed by atoms with E-state index in [1.165, 1.54) is 12.8 Å². The van der Waals surface area contributed by atoms with Crippen LogP contribution in [-0.2, 0) is 0 Å². The molecule has 1 fully saturated rings. The number of nitrogens with zero attached hydrogens (tertiary/aromatic N) is 3. The molecule has 1 N–H and O–H groups in total. The van der Waals surface area contributed by atoms with E-state index in [1.54, 1.807) is 12.4 Å². The van der Waals surface area contributed by atoms with Crippen molar-refractivity contribution in [2.75, 3.05) is 7.05 Å². The molecular weight excluding hydrogens is 228 g/mol. The van der Waals surface area contributed by atoms with Gasteiger partial charge in [-0.25, -0.2) is 0 Å². The highest BCUT2D eigenvalue weighted by Gasteiger charge is 2.31. The molecule has 1 saturated carbocycles. The first kappa shape index (κ1) is 11.3. The van der Waals surface area contributed by atoms with Gasteiger partial charge in [0.25, 0.3) is 5.89 Å². The Hall–Kier alpha value is -1.75. The van der Waals surface area contributed by atoms with Gasteiger partial charge in [-0.05, 0) is 32.0 Å². The molecular formula is C13H16N4O. The summed E-state index contributed by atoms with van der Waals surface area (Å²) in [4.78, 5) is 8.50. The minimum atomic E-state index is 0.370. The third-order valence-corrected chi connectivity index (χ3v) is 3.59. The lowest BCUT2D eigenvalue weighted by Gasteiger charge is -2.14. The average Bonchev–Trinajstić information content (AvgIpc) is 3.08. The fourth-order valence-corrected chi connectivity index (χ4v) is 2.61. The van der Waals surface area contributed by atoms with Crippen molar-refractivity contribution >= 4 is 0 Å². The molecule has 0 radical (unpaired) electrons. The molecule has 5 heteroatoms. The lowest BCUT2D eigenvalue weighted by molar-refractivity contribution is 0.405. The van der Waals surface area contributed by atoms with Gasteiger partial charge in [0.2, 0.25) is 0 Å². The zero-order chi connectivity index (χ0) is 12.4. The minimum Gasteiger partial charge on any atom is -0.334 e. The summed E-state index contributed by atoms with van der Waals surface area (Å²) in [5, 5.41) is 7.46. The Bertz CT molecular complexity index is 511. The van der Waals surface area contributed by atoms with Crippen LogP contribution < -0.4 is 5.32 Å². The second kappa shape index (κ2) is 4.86. The van der Waals surface area contributed by atoms with E-state index in [1.807, 2.05) is 19.2 Å². The molecule has 3 rings (SSSR count). The Labute approximate surface area is 106 Å². The summed E-state index contributed by atoms with van der Waals surface area (Å²) in [5.74, 6) is 1.77. The van der Waals surface area contributed by atoms with Crippen LogP contribution in [0.4, 0.5) is 0 Å². The molecule has 0 aromatic carbocycles. The van der Waals surface area contributed by atoms with Gasteiger partial charge >= 0.3 is 0 Å². The Kier molecular flexibility index (Phi) is 3.06. The van der Waals surface area contributed by atoms with Gasteiger partial charge in [0.1, 0.15) is 0 Å². The highest BCUT2D eigenvalue weighted by molar-refractivity contribution is 5.51. The lowest BCUT2D eigenvalue weighted by Crippen LogP contribution is -2.28. The van der Waals surface area contributed by atoms with Crippen molar-refractivity contribution < 1.29 is 4.52 Å². The molecule has 0 amide bonds. The van der Waals surface area contributed by atoms with Crippen molar-refractivity contribution in [2.45, 2.75) is 31.2 Å². The molecule has 18 heavy (non-hydrogen) atoms. The van der Waals surface area contributed by atoms with Crippen LogP contribution in [-0.4, -0.2) is 28.2 Å². The maximum Gasteiger partial charge on any atom is 0.258 e. The van der Waals surface area contributed by atoms with Crippen molar-refractivity contribution in [3.05, 3.63) is 30.4 Å². The monoisotopic (exact) mass is 244 g/mol. The van der Waals surface area contributed by atoms with Gasteiger partial charge < -0.3 is 9.84 Å². The SMILES string of the molecule is CN[C@H]1CCC[C@@H]1c1noc(-c2ccncc2)n1. The summed E-state index contributed by atoms with van der Waals surface area (Å²) in [6.07, 6.45) is 6.98. The summed E-state index contributed by atoms with van der Waals surface area (Å²) < 4.78 is 5.34. The molecule has 2 aromatic heterocycles. The summed E-state index contributed by atoms with van der Waals surface area (Å²) in [6, 6.07) is 4.22. The van der Waals surface area contributed by atoms with Gasteiger partial charge in [0.05, 0.1) is 0 Å². The molecule has 0 unspecified atom stereocenters. The van der Waals surface area contributed by atoms with E-state index in [9.17, 15) is 0 Å². The van der Waals surface area contributed by atoms with Gasteiger partial charge in [0.15, 0.2) is 5.82 Å². The van der Waals surface area contributed by atoms with Gasteiger partial charge in [-0.3, -0.25) is 4.98 Å². The van der Waals surface area contributed by atoms with Gasteiger partial charge in [-0.1, -0.05) is 11.6 Å². The molecule has 5 nitrogen and oxygen atoms in total. The van der Waals surface area contributed by atoms with Gasteiger partial charge in [-0.15, -0.1) is 0 Å². The summed E-state index contributed by atoms with van der Waals surface area (Å²) >= 11 is 0. The van der Waals surface area contributed by atoms with Crippen molar-refractivity contribution in [1.82, 2.24) is 20.4 Å². The molecule has 2 atom stereocenters. The van der Waals surface area contributed by atoms with Crippen molar-refractivity contribution in [3.63, 3.8) is 0 Å². The summed E-state index contributed by atoms with van der Waals surface area (Å²) in [5.41, 5.74) is 0.919. The first-order valence-corrected chi connectivity index (χ1v) is 6.30. The van der Waals surface area contributed by atoms with Crippen molar-refractivity contribution in [2.24, 2.45) is 0 Å². The summed E-state index contributed by atoms with van der Waals surface area (Å²) in [6.45, 7) is 0. The average molecular weight is 244 g/mol. The number of hydrogen-bond donors (Lipinski definition) is 1. The van der Waals surface area contributed by atoms with Crippen LogP contribution in [0.1, 0.15) is 31.0 Å². The van der Waals surface area contributed by atoms with Crippen LogP contribution in [0.3, 0.4) is 0 Å². The van der Waals surface area contributed by atoms with Crippen LogP contribution in [0.5, 0.6) is 0 Å². The smallest absolute Gasteiger partial charge is 0.258 e. The lowest BCUT2D eigenvalue weighted by atomic mass is 10.0. The van der Waals surface area contributed by atoms with Crippen molar-refractivity contribution in [1.29, 1.82) is 0 Å². The van der Waals surface area contributed by atoms with E-state index in [0.717, 1.165) is 17.8 Å². The predicted molar refractivity (Wildman–Crippen MR) is 67.0 cm³/mol. The zero-order valence-corrected chi connectivity index (χ0v) is 10.3. The maximum atomic E-state index is 5.34. The van der Waals surface area contributed by atoms with Crippen LogP contribution in [0.2, 0.25) is 0 Å². The van der Waals surface area contributed by atoms with E-state index in [2.05, 4.69) is 20.4 Å². The highest BCUT2D eigenvalue weighted by atomic mass is 16.5. The van der Waals surface area contributed by atoms with Crippen molar-refractivity contribution in [3.8, 4) is 11.5 Å². The maximum absolute atomic E-state index is 5.34. The van der Waals surface area contributed by atoms with Crippen LogP contribution >= 0.6 is 0 Å². The zero-order valence-electron chi connectivity index (χ0n) is 10.3. The number of likely N-dealkylation sites (N-methyl/N-ethyl adjacent to an activating group) is 1. The molecule has 0 spiro atoms. The van der Waals surface area contributed by atoms with E-state index in [-0.39, 0.29) is 0 Å². The Morgan fingerprint density at radius 1 is 1.28 bits per heavy atom. The number of aromatic nitrogens is 3. The molecule has 2 heterocycles. The summed E-state index contributed by atoms with van der Waals surface area (Å²) in [7, 11) is 1.99. The van der Waals surface area contributed by atoms with Crippen LogP contribution in [0.15, 0.2) is 29.0 Å². The quantitative estimate of drug-likeness (QED) is 0.894. The largest absolute Gasteiger partial charge is 0.334 e. The third-order valence-electron chi connectivity index (χ3n) is 3.59. The second-order valence-corrected chi connectivity index (χ2v) is 4.63. The standard InChI is InChI=1S/C13H16N4O/c1-14-11-4-2-3-10(11)12-16-13(18-17-12)9-5-7-15-8-6-9/h5-8,10-11,14H,2-4H2,1H3/t10-,11-/m0/s1.